The number of aromatic nitrogens is 5. The zero-order valence-electron chi connectivity index (χ0n) is 16.7. The summed E-state index contributed by atoms with van der Waals surface area (Å²) in [5.41, 5.74) is 4.99. The van der Waals surface area contributed by atoms with Crippen LogP contribution in [0.15, 0.2) is 53.7 Å². The second-order valence-electron chi connectivity index (χ2n) is 6.38. The predicted octanol–water partition coefficient (Wildman–Crippen LogP) is 3.11. The van der Waals surface area contributed by atoms with Crippen molar-refractivity contribution in [2.45, 2.75) is 32.8 Å². The summed E-state index contributed by atoms with van der Waals surface area (Å²) in [5, 5.41) is 15.9. The number of rotatable bonds is 11. The van der Waals surface area contributed by atoms with Crippen molar-refractivity contribution in [3.8, 4) is 0 Å². The molecule has 0 aliphatic carbocycles. The molecular weight excluding hydrogens is 370 g/mol. The maximum atomic E-state index is 5.58. The smallest absolute Gasteiger partial charge is 0.204 e. The molecule has 0 radical (unpaired) electrons. The molecule has 1 N–H and O–H groups in total. The van der Waals surface area contributed by atoms with Gasteiger partial charge in [0, 0.05) is 12.6 Å². The molecule has 3 rings (SSSR count). The van der Waals surface area contributed by atoms with Crippen molar-refractivity contribution in [1.82, 2.24) is 25.2 Å². The summed E-state index contributed by atoms with van der Waals surface area (Å²) in [7, 11) is 1.75. The zero-order valence-corrected chi connectivity index (χ0v) is 16.7. The molecule has 2 heterocycles. The van der Waals surface area contributed by atoms with Gasteiger partial charge < -0.3 is 4.84 Å². The van der Waals surface area contributed by atoms with Crippen LogP contribution in [0.4, 0.5) is 5.82 Å². The highest BCUT2D eigenvalue weighted by Gasteiger charge is 2.14. The molecule has 1 aromatic carbocycles. The largest absolute Gasteiger partial charge is 0.389 e. The van der Waals surface area contributed by atoms with Gasteiger partial charge in [0.15, 0.2) is 12.3 Å². The van der Waals surface area contributed by atoms with Crippen LogP contribution in [0.25, 0.3) is 0 Å². The number of unbranched alkanes of at least 4 members (excludes halogenated alkanes) is 2. The topological polar surface area (TPSA) is 99.3 Å². The van der Waals surface area contributed by atoms with Crippen molar-refractivity contribution in [2.24, 2.45) is 12.2 Å². The van der Waals surface area contributed by atoms with Crippen molar-refractivity contribution in [2.75, 3.05) is 12.1 Å². The Bertz CT molecular complexity index is 912. The third-order valence-corrected chi connectivity index (χ3v) is 4.08. The molecule has 9 heteroatoms. The summed E-state index contributed by atoms with van der Waals surface area (Å²) in [6.07, 6.45) is 3.32. The SMILES string of the molecule is CCCCCONc1cccc(CO/N=C(/c2ccccc2)c2nnnn2C)n1. The van der Waals surface area contributed by atoms with Crippen LogP contribution in [-0.2, 0) is 23.3 Å². The number of nitrogens with zero attached hydrogens (tertiary/aromatic N) is 6. The molecule has 0 bridgehead atoms. The molecule has 0 fully saturated rings. The Balaban J connectivity index is 1.64. The average Bonchev–Trinajstić information content (AvgIpc) is 3.17. The Morgan fingerprint density at radius 3 is 2.72 bits per heavy atom. The number of benzene rings is 1. The van der Waals surface area contributed by atoms with Gasteiger partial charge in [0.1, 0.15) is 5.82 Å². The van der Waals surface area contributed by atoms with Gasteiger partial charge in [0.2, 0.25) is 5.82 Å². The van der Waals surface area contributed by atoms with Crippen molar-refractivity contribution in [3.63, 3.8) is 0 Å². The fraction of sp³-hybridized carbons (Fsp3) is 0.350. The molecule has 0 aliphatic heterocycles. The summed E-state index contributed by atoms with van der Waals surface area (Å²) in [6, 6.07) is 15.2. The third-order valence-electron chi connectivity index (χ3n) is 4.08. The van der Waals surface area contributed by atoms with Gasteiger partial charge in [-0.25, -0.2) is 15.1 Å². The van der Waals surface area contributed by atoms with E-state index in [1.807, 2.05) is 48.5 Å². The molecule has 0 aliphatic rings. The van der Waals surface area contributed by atoms with Crippen LogP contribution in [-0.4, -0.2) is 37.5 Å². The number of tetrazole rings is 1. The maximum Gasteiger partial charge on any atom is 0.204 e. The number of anilines is 1. The van der Waals surface area contributed by atoms with Crippen molar-refractivity contribution < 1.29 is 9.68 Å². The summed E-state index contributed by atoms with van der Waals surface area (Å²) >= 11 is 0. The van der Waals surface area contributed by atoms with Gasteiger partial charge in [-0.2, -0.15) is 0 Å². The minimum atomic E-state index is 0.201. The summed E-state index contributed by atoms with van der Waals surface area (Å²) in [6.45, 7) is 3.00. The Labute approximate surface area is 169 Å². The van der Waals surface area contributed by atoms with Crippen LogP contribution < -0.4 is 5.48 Å². The van der Waals surface area contributed by atoms with Gasteiger partial charge in [-0.3, -0.25) is 4.84 Å². The molecule has 9 nitrogen and oxygen atoms in total. The number of oxime groups is 1. The first kappa shape index (κ1) is 20.4. The third kappa shape index (κ3) is 6.08. The number of hydrogen-bond donors (Lipinski definition) is 1. The summed E-state index contributed by atoms with van der Waals surface area (Å²) in [5.74, 6) is 1.15. The van der Waals surface area contributed by atoms with Crippen LogP contribution in [0, 0.1) is 0 Å². The first-order valence-corrected chi connectivity index (χ1v) is 9.59. The monoisotopic (exact) mass is 395 g/mol. The Hall–Kier alpha value is -3.33. The lowest BCUT2D eigenvalue weighted by molar-refractivity contribution is 0.127. The van der Waals surface area contributed by atoms with Crippen LogP contribution in [0.5, 0.6) is 0 Å². The molecule has 0 spiro atoms. The second kappa shape index (κ2) is 10.9. The highest BCUT2D eigenvalue weighted by atomic mass is 16.6. The lowest BCUT2D eigenvalue weighted by Gasteiger charge is -2.08. The number of nitrogens with one attached hydrogen (secondary N) is 1. The minimum absolute atomic E-state index is 0.201. The summed E-state index contributed by atoms with van der Waals surface area (Å²) in [4.78, 5) is 15.5. The minimum Gasteiger partial charge on any atom is -0.389 e. The highest BCUT2D eigenvalue weighted by molar-refractivity contribution is 6.10. The molecule has 0 unspecified atom stereocenters. The van der Waals surface area contributed by atoms with Gasteiger partial charge in [0.25, 0.3) is 0 Å². The second-order valence-corrected chi connectivity index (χ2v) is 6.38. The Morgan fingerprint density at radius 1 is 1.10 bits per heavy atom. The quantitative estimate of drug-likeness (QED) is 0.302. The molecule has 152 valence electrons. The fourth-order valence-corrected chi connectivity index (χ4v) is 2.58. The summed E-state index contributed by atoms with van der Waals surface area (Å²) < 4.78 is 1.55. The van der Waals surface area contributed by atoms with Crippen molar-refractivity contribution >= 4 is 11.5 Å². The molecule has 0 saturated heterocycles. The van der Waals surface area contributed by atoms with Crippen molar-refractivity contribution in [1.29, 1.82) is 0 Å². The van der Waals surface area contributed by atoms with E-state index in [1.165, 1.54) is 0 Å². The van der Waals surface area contributed by atoms with Crippen LogP contribution in [0.2, 0.25) is 0 Å². The van der Waals surface area contributed by atoms with E-state index < -0.39 is 0 Å². The van der Waals surface area contributed by atoms with Gasteiger partial charge in [-0.15, -0.1) is 5.10 Å². The van der Waals surface area contributed by atoms with E-state index in [1.54, 1.807) is 11.7 Å². The molecule has 0 atom stereocenters. The van der Waals surface area contributed by atoms with E-state index in [-0.39, 0.29) is 6.61 Å². The Kier molecular flexibility index (Phi) is 7.64. The van der Waals surface area contributed by atoms with E-state index in [9.17, 15) is 0 Å². The van der Waals surface area contributed by atoms with E-state index >= 15 is 0 Å². The van der Waals surface area contributed by atoms with E-state index in [0.717, 1.165) is 30.5 Å². The number of pyridine rings is 1. The van der Waals surface area contributed by atoms with Gasteiger partial charge in [-0.05, 0) is 29.0 Å². The van der Waals surface area contributed by atoms with Crippen LogP contribution in [0.3, 0.4) is 0 Å². The molecule has 3 aromatic rings. The lowest BCUT2D eigenvalue weighted by Crippen LogP contribution is -2.12. The zero-order chi connectivity index (χ0) is 20.3. The standard InChI is InChI=1S/C20H25N7O2/c1-3-4-8-14-28-23-18-13-9-12-17(21-18)15-29-24-19(16-10-6-5-7-11-16)20-22-25-26-27(20)2/h5-7,9-13H,3-4,8,14-15H2,1-2H3,(H,21,23)/b24-19-. The predicted molar refractivity (Wildman–Crippen MR) is 109 cm³/mol. The van der Waals surface area contributed by atoms with E-state index in [2.05, 4.69) is 38.1 Å². The van der Waals surface area contributed by atoms with Crippen LogP contribution >= 0.6 is 0 Å². The lowest BCUT2D eigenvalue weighted by atomic mass is 10.1. The Morgan fingerprint density at radius 2 is 1.97 bits per heavy atom. The fourth-order valence-electron chi connectivity index (χ4n) is 2.58. The normalized spacial score (nSPS) is 11.4. The highest BCUT2D eigenvalue weighted by Crippen LogP contribution is 2.10. The number of aryl methyl sites for hydroxylation is 1. The first-order chi connectivity index (χ1) is 14.3. The first-order valence-electron chi connectivity index (χ1n) is 9.59. The number of hydrogen-bond acceptors (Lipinski definition) is 8. The molecule has 0 saturated carbocycles. The molecule has 2 aromatic heterocycles. The molecule has 0 amide bonds. The molecule has 29 heavy (non-hydrogen) atoms. The van der Waals surface area contributed by atoms with Gasteiger partial charge in [0.05, 0.1) is 12.3 Å². The van der Waals surface area contributed by atoms with E-state index in [4.69, 9.17) is 9.68 Å². The van der Waals surface area contributed by atoms with Gasteiger partial charge in [-0.1, -0.05) is 61.3 Å². The van der Waals surface area contributed by atoms with Crippen LogP contribution in [0.1, 0.15) is 43.3 Å². The van der Waals surface area contributed by atoms with E-state index in [0.29, 0.717) is 24.0 Å². The maximum absolute atomic E-state index is 5.58. The van der Waals surface area contributed by atoms with Gasteiger partial charge >= 0.3 is 0 Å². The average molecular weight is 395 g/mol. The molecular formula is C20H25N7O2. The van der Waals surface area contributed by atoms with Crippen molar-refractivity contribution in [3.05, 3.63) is 65.6 Å².